The van der Waals surface area contributed by atoms with Crippen LogP contribution in [0.1, 0.15) is 36.7 Å². The molecule has 0 spiro atoms. The predicted molar refractivity (Wildman–Crippen MR) is 156 cm³/mol. The highest BCUT2D eigenvalue weighted by Crippen LogP contribution is 2.39. The number of aromatic nitrogens is 1. The Morgan fingerprint density at radius 3 is 2.50 bits per heavy atom. The Kier molecular flexibility index (Phi) is 7.70. The monoisotopic (exact) mass is 565 g/mol. The SMILES string of the molecule is CC(C)c1onc(-c2c(Cl)cccc2Cl)c1COc1ccc(-c2ccc3c(c2)NCC(C(=O)NS)=C3)cc1. The molecule has 0 bridgehead atoms. The number of benzene rings is 3. The van der Waals surface area contributed by atoms with Crippen molar-refractivity contribution in [2.24, 2.45) is 0 Å². The molecule has 1 amide bonds. The fraction of sp³-hybridized carbons (Fsp3) is 0.172. The van der Waals surface area contributed by atoms with Crippen LogP contribution in [0.25, 0.3) is 28.5 Å². The van der Waals surface area contributed by atoms with E-state index >= 15 is 0 Å². The van der Waals surface area contributed by atoms with Gasteiger partial charge in [0.2, 0.25) is 0 Å². The lowest BCUT2D eigenvalue weighted by molar-refractivity contribution is -0.115. The molecule has 0 saturated carbocycles. The van der Waals surface area contributed by atoms with Crippen molar-refractivity contribution in [1.82, 2.24) is 9.88 Å². The molecular formula is C29H25Cl2N3O3S. The maximum Gasteiger partial charge on any atom is 0.258 e. The molecule has 9 heteroatoms. The molecule has 38 heavy (non-hydrogen) atoms. The van der Waals surface area contributed by atoms with Crippen molar-refractivity contribution in [3.63, 3.8) is 0 Å². The largest absolute Gasteiger partial charge is 0.489 e. The smallest absolute Gasteiger partial charge is 0.258 e. The molecule has 0 aliphatic carbocycles. The summed E-state index contributed by atoms with van der Waals surface area (Å²) < 4.78 is 14.2. The molecule has 0 unspecified atom stereocenters. The van der Waals surface area contributed by atoms with Crippen LogP contribution in [0.4, 0.5) is 5.69 Å². The normalized spacial score (nSPS) is 12.5. The minimum absolute atomic E-state index is 0.106. The highest BCUT2D eigenvalue weighted by Gasteiger charge is 2.24. The van der Waals surface area contributed by atoms with Crippen LogP contribution >= 0.6 is 36.0 Å². The Morgan fingerprint density at radius 2 is 1.82 bits per heavy atom. The molecule has 3 aromatic carbocycles. The fourth-order valence-corrected chi connectivity index (χ4v) is 5.12. The number of ether oxygens (including phenoxy) is 1. The first-order valence-corrected chi connectivity index (χ1v) is 13.2. The minimum Gasteiger partial charge on any atom is -0.489 e. The van der Waals surface area contributed by atoms with Crippen molar-refractivity contribution in [2.45, 2.75) is 26.4 Å². The molecule has 0 atom stereocenters. The van der Waals surface area contributed by atoms with Crippen molar-refractivity contribution in [3.05, 3.63) is 93.2 Å². The maximum absolute atomic E-state index is 11.9. The van der Waals surface area contributed by atoms with Crippen molar-refractivity contribution >= 4 is 53.7 Å². The first-order valence-electron chi connectivity index (χ1n) is 12.0. The molecule has 1 aromatic heterocycles. The van der Waals surface area contributed by atoms with E-state index in [-0.39, 0.29) is 18.4 Å². The number of amides is 1. The summed E-state index contributed by atoms with van der Waals surface area (Å²) in [7, 11) is 0. The molecule has 1 aliphatic rings. The highest BCUT2D eigenvalue weighted by molar-refractivity contribution is 7.78. The third-order valence-corrected chi connectivity index (χ3v) is 7.19. The third-order valence-electron chi connectivity index (χ3n) is 6.36. The van der Waals surface area contributed by atoms with Gasteiger partial charge < -0.3 is 14.6 Å². The van der Waals surface area contributed by atoms with E-state index in [0.29, 0.717) is 39.2 Å². The van der Waals surface area contributed by atoms with E-state index in [9.17, 15) is 4.79 Å². The average Bonchev–Trinajstić information content (AvgIpc) is 3.35. The number of nitrogens with zero attached hydrogens (tertiary/aromatic N) is 1. The standard InChI is InChI=1S/C29H25Cl2N3O3S/c1-16(2)28-22(27(33-37-28)26-23(30)4-3-5-24(26)31)15-36-21-10-8-17(9-11-21)18-6-7-19-12-20(29(35)34-38)14-32-25(19)13-18/h3-13,16,32,38H,14-15H2,1-2H3,(H,34,35). The molecule has 6 nitrogen and oxygen atoms in total. The van der Waals surface area contributed by atoms with Gasteiger partial charge >= 0.3 is 0 Å². The minimum atomic E-state index is -0.208. The lowest BCUT2D eigenvalue weighted by Crippen LogP contribution is -2.23. The van der Waals surface area contributed by atoms with Gasteiger partial charge in [-0.1, -0.05) is 85.4 Å². The molecule has 194 valence electrons. The number of hydrogen-bond donors (Lipinski definition) is 3. The number of thiol groups is 1. The zero-order valence-electron chi connectivity index (χ0n) is 20.7. The van der Waals surface area contributed by atoms with Crippen LogP contribution < -0.4 is 14.8 Å². The number of hydrogen-bond acceptors (Lipinski definition) is 6. The number of rotatable bonds is 7. The van der Waals surface area contributed by atoms with E-state index < -0.39 is 0 Å². The lowest BCUT2D eigenvalue weighted by Gasteiger charge is -2.18. The first kappa shape index (κ1) is 26.2. The van der Waals surface area contributed by atoms with Crippen LogP contribution in [0.15, 0.2) is 70.8 Å². The summed E-state index contributed by atoms with van der Waals surface area (Å²) in [5, 5.41) is 8.60. The molecule has 1 aliphatic heterocycles. The topological polar surface area (TPSA) is 76.4 Å². The van der Waals surface area contributed by atoms with Gasteiger partial charge in [-0.15, -0.1) is 0 Å². The van der Waals surface area contributed by atoms with Gasteiger partial charge in [0.25, 0.3) is 5.91 Å². The van der Waals surface area contributed by atoms with E-state index in [1.807, 2.05) is 56.3 Å². The quantitative estimate of drug-likeness (QED) is 0.199. The van der Waals surface area contributed by atoms with E-state index in [2.05, 4.69) is 34.1 Å². The zero-order valence-corrected chi connectivity index (χ0v) is 23.1. The first-order chi connectivity index (χ1) is 18.4. The number of carbonyl (C=O) groups excluding carboxylic acids is 1. The second-order valence-electron chi connectivity index (χ2n) is 9.20. The van der Waals surface area contributed by atoms with E-state index in [1.54, 1.807) is 18.2 Å². The van der Waals surface area contributed by atoms with Gasteiger partial charge in [0.15, 0.2) is 0 Å². The Labute approximate surface area is 236 Å². The average molecular weight is 567 g/mol. The number of halogens is 2. The molecule has 5 rings (SSSR count). The van der Waals surface area contributed by atoms with Crippen LogP contribution in [0.2, 0.25) is 10.0 Å². The summed E-state index contributed by atoms with van der Waals surface area (Å²) in [5.41, 5.74) is 6.69. The predicted octanol–water partition coefficient (Wildman–Crippen LogP) is 7.79. The lowest BCUT2D eigenvalue weighted by atomic mass is 9.98. The van der Waals surface area contributed by atoms with E-state index in [1.165, 1.54) is 0 Å². The summed E-state index contributed by atoms with van der Waals surface area (Å²) in [6.07, 6.45) is 1.87. The van der Waals surface area contributed by atoms with Crippen molar-refractivity contribution in [2.75, 3.05) is 11.9 Å². The van der Waals surface area contributed by atoms with Gasteiger partial charge in [-0.05, 0) is 53.1 Å². The van der Waals surface area contributed by atoms with Gasteiger partial charge in [0.1, 0.15) is 23.8 Å². The molecule has 2 N–H and O–H groups in total. The summed E-state index contributed by atoms with van der Waals surface area (Å²) >= 11 is 16.8. The molecule has 2 heterocycles. The Morgan fingerprint density at radius 1 is 1.11 bits per heavy atom. The summed E-state index contributed by atoms with van der Waals surface area (Å²) in [4.78, 5) is 11.9. The Bertz CT molecular complexity index is 1510. The number of carbonyl (C=O) groups is 1. The summed E-state index contributed by atoms with van der Waals surface area (Å²) in [6, 6.07) is 19.3. The van der Waals surface area contributed by atoms with Crippen molar-refractivity contribution < 1.29 is 14.1 Å². The molecule has 0 radical (unpaired) electrons. The van der Waals surface area contributed by atoms with Gasteiger partial charge in [-0.2, -0.15) is 0 Å². The second-order valence-corrected chi connectivity index (χ2v) is 10.2. The van der Waals surface area contributed by atoms with Crippen LogP contribution in [-0.4, -0.2) is 17.6 Å². The van der Waals surface area contributed by atoms with Gasteiger partial charge in [0, 0.05) is 29.3 Å². The molecule has 4 aromatic rings. The van der Waals surface area contributed by atoms with E-state index in [4.69, 9.17) is 32.5 Å². The fourth-order valence-electron chi connectivity index (χ4n) is 4.40. The van der Waals surface area contributed by atoms with Gasteiger partial charge in [-0.3, -0.25) is 9.52 Å². The molecule has 0 saturated heterocycles. The zero-order chi connectivity index (χ0) is 26.8. The molecular weight excluding hydrogens is 541 g/mol. The molecule has 0 fully saturated rings. The van der Waals surface area contributed by atoms with Crippen molar-refractivity contribution in [3.8, 4) is 28.1 Å². The van der Waals surface area contributed by atoms with Gasteiger partial charge in [0.05, 0.1) is 15.6 Å². The number of nitrogens with one attached hydrogen (secondary N) is 2. The Balaban J connectivity index is 1.35. The third kappa shape index (κ3) is 5.27. The summed E-state index contributed by atoms with van der Waals surface area (Å²) in [5.74, 6) is 1.34. The van der Waals surface area contributed by atoms with Crippen LogP contribution in [-0.2, 0) is 11.4 Å². The van der Waals surface area contributed by atoms with Crippen molar-refractivity contribution in [1.29, 1.82) is 0 Å². The van der Waals surface area contributed by atoms with E-state index in [0.717, 1.165) is 33.7 Å². The maximum atomic E-state index is 11.9. The summed E-state index contributed by atoms with van der Waals surface area (Å²) in [6.45, 7) is 4.77. The van der Waals surface area contributed by atoms with Gasteiger partial charge in [-0.25, -0.2) is 0 Å². The Hall–Kier alpha value is -3.39. The highest BCUT2D eigenvalue weighted by atomic mass is 35.5. The van der Waals surface area contributed by atoms with Crippen LogP contribution in [0, 0.1) is 0 Å². The van der Waals surface area contributed by atoms with Crippen LogP contribution in [0.5, 0.6) is 5.75 Å². The van der Waals surface area contributed by atoms with Crippen LogP contribution in [0.3, 0.4) is 0 Å². The number of fused-ring (bicyclic) bond motifs is 1. The second kappa shape index (κ2) is 11.2. The number of anilines is 1.